The number of hydrogen-bond donors (Lipinski definition) is 1. The molecule has 3 aliphatic rings. The third-order valence-corrected chi connectivity index (χ3v) is 5.55. The summed E-state index contributed by atoms with van der Waals surface area (Å²) in [6.07, 6.45) is 3.25. The van der Waals surface area contributed by atoms with Gasteiger partial charge in [-0.3, -0.25) is 4.79 Å². The summed E-state index contributed by atoms with van der Waals surface area (Å²) >= 11 is 0. The number of rotatable bonds is 0. The lowest BCUT2D eigenvalue weighted by Gasteiger charge is -2.48. The molecule has 2 saturated heterocycles. The highest BCUT2D eigenvalue weighted by Crippen LogP contribution is 2.51. The smallest absolute Gasteiger partial charge is 0.311 e. The van der Waals surface area contributed by atoms with Gasteiger partial charge in [0, 0.05) is 12.3 Å². The lowest BCUT2D eigenvalue weighted by molar-refractivity contribution is -0.304. The highest BCUT2D eigenvalue weighted by Gasteiger charge is 2.54. The maximum absolute atomic E-state index is 12.0. The lowest BCUT2D eigenvalue weighted by atomic mass is 9.61. The molecule has 4 heteroatoms. The van der Waals surface area contributed by atoms with Crippen molar-refractivity contribution in [1.29, 1.82) is 0 Å². The molecule has 0 bridgehead atoms. The number of carbonyl (C=O) groups excluding carboxylic acids is 1. The Morgan fingerprint density at radius 2 is 1.95 bits per heavy atom. The van der Waals surface area contributed by atoms with E-state index in [9.17, 15) is 9.90 Å². The third-order valence-electron chi connectivity index (χ3n) is 5.55. The zero-order valence-electron chi connectivity index (χ0n) is 12.0. The molecule has 0 radical (unpaired) electrons. The van der Waals surface area contributed by atoms with E-state index in [4.69, 9.17) is 9.47 Å². The molecule has 19 heavy (non-hydrogen) atoms. The van der Waals surface area contributed by atoms with E-state index >= 15 is 0 Å². The van der Waals surface area contributed by atoms with Gasteiger partial charge in [-0.05, 0) is 37.5 Å². The molecule has 4 nitrogen and oxygen atoms in total. The predicted octanol–water partition coefficient (Wildman–Crippen LogP) is 2.30. The summed E-state index contributed by atoms with van der Waals surface area (Å²) in [6, 6.07) is 0. The lowest BCUT2D eigenvalue weighted by Crippen LogP contribution is -2.52. The van der Waals surface area contributed by atoms with Crippen LogP contribution in [0.15, 0.2) is 0 Å². The van der Waals surface area contributed by atoms with Gasteiger partial charge in [-0.15, -0.1) is 0 Å². The molecule has 0 spiro atoms. The van der Waals surface area contributed by atoms with E-state index in [-0.39, 0.29) is 17.8 Å². The zero-order chi connectivity index (χ0) is 13.8. The summed E-state index contributed by atoms with van der Waals surface area (Å²) in [5, 5.41) is 10.2. The highest BCUT2D eigenvalue weighted by atomic mass is 16.8. The van der Waals surface area contributed by atoms with Crippen molar-refractivity contribution in [1.82, 2.24) is 0 Å². The fourth-order valence-corrected chi connectivity index (χ4v) is 4.34. The molecular weight excluding hydrogens is 244 g/mol. The van der Waals surface area contributed by atoms with Crippen LogP contribution in [0.1, 0.15) is 46.5 Å². The van der Waals surface area contributed by atoms with Crippen LogP contribution < -0.4 is 0 Å². The topological polar surface area (TPSA) is 55.8 Å². The molecule has 3 rings (SSSR count). The van der Waals surface area contributed by atoms with Gasteiger partial charge < -0.3 is 14.6 Å². The Bertz CT molecular complexity index is 378. The monoisotopic (exact) mass is 268 g/mol. The summed E-state index contributed by atoms with van der Waals surface area (Å²) in [6.45, 7) is 5.92. The summed E-state index contributed by atoms with van der Waals surface area (Å²) in [4.78, 5) is 12.0. The van der Waals surface area contributed by atoms with Crippen molar-refractivity contribution in [2.24, 2.45) is 29.6 Å². The summed E-state index contributed by atoms with van der Waals surface area (Å²) in [5.74, 6) is 0.332. The number of ether oxygens (including phenoxy) is 2. The molecular formula is C15H24O4. The summed E-state index contributed by atoms with van der Waals surface area (Å²) in [5.41, 5.74) is 0. The largest absolute Gasteiger partial charge is 0.435 e. The van der Waals surface area contributed by atoms with Crippen molar-refractivity contribution in [2.45, 2.75) is 58.5 Å². The third kappa shape index (κ3) is 2.19. The van der Waals surface area contributed by atoms with Crippen molar-refractivity contribution in [3.63, 3.8) is 0 Å². The zero-order valence-corrected chi connectivity index (χ0v) is 12.0. The molecule has 2 aliphatic heterocycles. The Kier molecular flexibility index (Phi) is 3.13. The molecule has 1 saturated carbocycles. The van der Waals surface area contributed by atoms with Crippen LogP contribution in [0.2, 0.25) is 0 Å². The van der Waals surface area contributed by atoms with Gasteiger partial charge in [-0.2, -0.15) is 0 Å². The first-order chi connectivity index (χ1) is 8.89. The second kappa shape index (κ2) is 4.45. The van der Waals surface area contributed by atoms with Crippen LogP contribution in [-0.4, -0.2) is 23.2 Å². The van der Waals surface area contributed by atoms with E-state index in [1.54, 1.807) is 6.92 Å². The fourth-order valence-electron chi connectivity index (χ4n) is 4.34. The molecule has 2 unspecified atom stereocenters. The van der Waals surface area contributed by atoms with Gasteiger partial charge in [0.05, 0.1) is 5.92 Å². The molecule has 0 aromatic heterocycles. The average molecular weight is 268 g/mol. The van der Waals surface area contributed by atoms with E-state index < -0.39 is 12.1 Å². The maximum Gasteiger partial charge on any atom is 0.311 e. The van der Waals surface area contributed by atoms with Crippen LogP contribution in [0.4, 0.5) is 0 Å². The molecule has 0 aromatic rings. The van der Waals surface area contributed by atoms with E-state index in [1.165, 1.54) is 0 Å². The molecule has 108 valence electrons. The minimum absolute atomic E-state index is 0.0390. The van der Waals surface area contributed by atoms with Crippen LogP contribution in [-0.2, 0) is 14.3 Å². The van der Waals surface area contributed by atoms with E-state index in [0.29, 0.717) is 24.2 Å². The molecule has 0 aromatic carbocycles. The van der Waals surface area contributed by atoms with Crippen molar-refractivity contribution >= 4 is 5.97 Å². The number of hydrogen-bond acceptors (Lipinski definition) is 4. The second-order valence-corrected chi connectivity index (χ2v) is 6.89. The molecule has 7 atom stereocenters. The molecule has 1 aliphatic carbocycles. The van der Waals surface area contributed by atoms with Gasteiger partial charge in [-0.1, -0.05) is 20.3 Å². The van der Waals surface area contributed by atoms with Gasteiger partial charge in [0.2, 0.25) is 6.29 Å². The van der Waals surface area contributed by atoms with E-state index in [0.717, 1.165) is 19.3 Å². The van der Waals surface area contributed by atoms with Crippen molar-refractivity contribution < 1.29 is 19.4 Å². The summed E-state index contributed by atoms with van der Waals surface area (Å²) < 4.78 is 11.2. The Morgan fingerprint density at radius 1 is 1.21 bits per heavy atom. The minimum atomic E-state index is -1.17. The molecule has 2 heterocycles. The highest BCUT2D eigenvalue weighted by molar-refractivity contribution is 5.73. The minimum Gasteiger partial charge on any atom is -0.435 e. The number of carbonyl (C=O) groups is 1. The predicted molar refractivity (Wildman–Crippen MR) is 68.9 cm³/mol. The van der Waals surface area contributed by atoms with E-state index in [2.05, 4.69) is 6.92 Å². The van der Waals surface area contributed by atoms with Crippen LogP contribution in [0, 0.1) is 29.6 Å². The Morgan fingerprint density at radius 3 is 2.68 bits per heavy atom. The fraction of sp³-hybridized carbons (Fsp3) is 0.933. The van der Waals surface area contributed by atoms with Crippen LogP contribution >= 0.6 is 0 Å². The maximum atomic E-state index is 12.0. The number of aliphatic hydroxyl groups is 1. The van der Waals surface area contributed by atoms with Crippen molar-refractivity contribution in [3.05, 3.63) is 0 Å². The Hall–Kier alpha value is -0.610. The first-order valence-corrected chi connectivity index (χ1v) is 7.50. The van der Waals surface area contributed by atoms with Crippen molar-refractivity contribution in [2.75, 3.05) is 0 Å². The SMILES string of the molecule is C[C@@H]1CC[C@@H]2C3C1CC[C@@](C)(O)O[C@H]3OC(=O)[C@@H]2C. The van der Waals surface area contributed by atoms with Crippen LogP contribution in [0.25, 0.3) is 0 Å². The Balaban J connectivity index is 1.95. The second-order valence-electron chi connectivity index (χ2n) is 6.89. The van der Waals surface area contributed by atoms with E-state index in [1.807, 2.05) is 6.92 Å². The molecule has 1 N–H and O–H groups in total. The van der Waals surface area contributed by atoms with Gasteiger partial charge in [0.25, 0.3) is 0 Å². The van der Waals surface area contributed by atoms with Crippen molar-refractivity contribution in [3.8, 4) is 0 Å². The van der Waals surface area contributed by atoms with Crippen LogP contribution in [0.5, 0.6) is 0 Å². The average Bonchev–Trinajstić information content (AvgIpc) is 2.46. The van der Waals surface area contributed by atoms with Gasteiger partial charge in [0.15, 0.2) is 5.79 Å². The van der Waals surface area contributed by atoms with Gasteiger partial charge in [0.1, 0.15) is 0 Å². The van der Waals surface area contributed by atoms with Gasteiger partial charge >= 0.3 is 5.97 Å². The standard InChI is InChI=1S/C15H24O4/c1-8-4-5-11-9(2)13(16)18-14-12(11)10(8)6-7-15(3,17)19-14/h8-12,14,17H,4-7H2,1-3H3/t8-,9-,10?,11+,12?,14-,15+/m1/s1. The summed E-state index contributed by atoms with van der Waals surface area (Å²) in [7, 11) is 0. The van der Waals surface area contributed by atoms with Crippen LogP contribution in [0.3, 0.4) is 0 Å². The quantitative estimate of drug-likeness (QED) is 0.685. The number of esters is 1. The van der Waals surface area contributed by atoms with Gasteiger partial charge in [-0.25, -0.2) is 0 Å². The first kappa shape index (κ1) is 13.4. The molecule has 0 amide bonds. The first-order valence-electron chi connectivity index (χ1n) is 7.50. The Labute approximate surface area is 114 Å². The molecule has 3 fully saturated rings. The normalized spacial score (nSPS) is 54.0.